The third-order valence-corrected chi connectivity index (χ3v) is 8.63. The summed E-state index contributed by atoms with van der Waals surface area (Å²) in [5.41, 5.74) is 2.30. The van der Waals surface area contributed by atoms with Gasteiger partial charge in [0.1, 0.15) is 0 Å². The van der Waals surface area contributed by atoms with Crippen LogP contribution in [0.3, 0.4) is 0 Å². The molecule has 36 heavy (non-hydrogen) atoms. The third kappa shape index (κ3) is 5.50. The van der Waals surface area contributed by atoms with Crippen molar-refractivity contribution < 1.29 is 22.6 Å². The zero-order chi connectivity index (χ0) is 26.0. The van der Waals surface area contributed by atoms with E-state index in [0.717, 1.165) is 17.4 Å². The van der Waals surface area contributed by atoms with Crippen molar-refractivity contribution in [1.29, 1.82) is 0 Å². The number of ether oxygens (including phenoxy) is 2. The molecule has 4 aromatic rings. The van der Waals surface area contributed by atoms with Crippen molar-refractivity contribution in [1.82, 2.24) is 14.5 Å². The summed E-state index contributed by atoms with van der Waals surface area (Å²) in [6.45, 7) is 4.84. The van der Waals surface area contributed by atoms with Crippen LogP contribution in [0.2, 0.25) is 0 Å². The van der Waals surface area contributed by atoms with Crippen LogP contribution in [0.5, 0.6) is 5.75 Å². The van der Waals surface area contributed by atoms with Gasteiger partial charge in [0.05, 0.1) is 0 Å². The number of halogens is 3. The van der Waals surface area contributed by atoms with Gasteiger partial charge in [-0.2, -0.15) is 0 Å². The van der Waals surface area contributed by atoms with Crippen molar-refractivity contribution in [3.8, 4) is 17.1 Å². The zero-order valence-electron chi connectivity index (χ0n) is 21.1. The molecule has 2 heterocycles. The van der Waals surface area contributed by atoms with Gasteiger partial charge in [-0.25, -0.2) is 0 Å². The van der Waals surface area contributed by atoms with E-state index in [0.29, 0.717) is 36.2 Å². The van der Waals surface area contributed by atoms with Crippen molar-refractivity contribution in [3.63, 3.8) is 0 Å². The van der Waals surface area contributed by atoms with E-state index in [2.05, 4.69) is 23.8 Å². The number of hydrogen-bond donors (Lipinski definition) is 0. The summed E-state index contributed by atoms with van der Waals surface area (Å²) < 4.78 is 57.5. The molecule has 0 spiro atoms. The number of rotatable bonds is 8. The van der Waals surface area contributed by atoms with Crippen molar-refractivity contribution in [3.05, 3.63) is 70.9 Å². The van der Waals surface area contributed by atoms with Crippen LogP contribution in [0.25, 0.3) is 22.4 Å². The zero-order valence-corrected chi connectivity index (χ0v) is 26.0. The maximum atomic E-state index is 14.6. The summed E-state index contributed by atoms with van der Waals surface area (Å²) in [6, 6.07) is 12.9. The van der Waals surface area contributed by atoms with Gasteiger partial charge in [0.2, 0.25) is 0 Å². The number of hydrogen-bond acceptors (Lipinski definition) is 4. The number of imidazole rings is 1. The topological polar surface area (TPSA) is 49.2 Å². The fraction of sp³-hybridized carbons (Fsp3) is 0.333. The number of alkyl halides is 3. The Kier molecular flexibility index (Phi) is 8.46. The van der Waals surface area contributed by atoms with E-state index < -0.39 is 11.7 Å². The van der Waals surface area contributed by atoms with Crippen molar-refractivity contribution in [2.75, 3.05) is 20.8 Å². The first-order chi connectivity index (χ1) is 17.2. The molecule has 0 fully saturated rings. The molecule has 0 saturated heterocycles. The molecule has 4 rings (SSSR count). The second kappa shape index (κ2) is 11.2. The molecule has 0 N–H and O–H groups in total. The van der Waals surface area contributed by atoms with Crippen LogP contribution in [0.4, 0.5) is 13.2 Å². The Bertz CT molecular complexity index is 1370. The van der Waals surface area contributed by atoms with E-state index in [9.17, 15) is 13.2 Å². The molecular weight excluding hydrogens is 543 g/mol. The van der Waals surface area contributed by atoms with E-state index in [-0.39, 0.29) is 60.8 Å². The van der Waals surface area contributed by atoms with Gasteiger partial charge in [-0.05, 0) is 5.92 Å². The Morgan fingerprint density at radius 1 is 1.06 bits per heavy atom. The van der Waals surface area contributed by atoms with Crippen molar-refractivity contribution in [2.45, 2.75) is 38.9 Å². The van der Waals surface area contributed by atoms with E-state index in [1.54, 1.807) is 23.9 Å². The van der Waals surface area contributed by atoms with Gasteiger partial charge in [-0.3, -0.25) is 0 Å². The summed E-state index contributed by atoms with van der Waals surface area (Å²) in [5.74, 6) is 1.14. The monoisotopic (exact) mass is 571 g/mol. The first-order valence-electron chi connectivity index (χ1n) is 11.8. The van der Waals surface area contributed by atoms with Gasteiger partial charge in [0, 0.05) is 0 Å². The van der Waals surface area contributed by atoms with E-state index >= 15 is 0 Å². The number of benzene rings is 2. The van der Waals surface area contributed by atoms with Crippen LogP contribution >= 0.6 is 0 Å². The molecular formula is C27H28F3N3O2Sr. The van der Waals surface area contributed by atoms with Crippen molar-refractivity contribution >= 4 is 54.9 Å². The normalized spacial score (nSPS) is 12.0. The SMILES string of the molecule is COCCn1c(-c2ccc(C(C)C)cc2)nc2c(C(F)(F)F)c(Cc3cccn[c]3[SrH])cc(OC)c21. The summed E-state index contributed by atoms with van der Waals surface area (Å²) in [4.78, 5) is 8.95. The maximum absolute atomic E-state index is 14.6. The van der Waals surface area contributed by atoms with Gasteiger partial charge in [0.25, 0.3) is 0 Å². The molecule has 5 nitrogen and oxygen atoms in total. The molecule has 2 aromatic heterocycles. The average molecular weight is 571 g/mol. The van der Waals surface area contributed by atoms with Gasteiger partial charge >= 0.3 is 220 Å². The number of methoxy groups -OCH3 is 2. The summed E-state index contributed by atoms with van der Waals surface area (Å²) in [6.07, 6.45) is -2.81. The second-order valence-electron chi connectivity index (χ2n) is 9.09. The Labute approximate surface area is 238 Å². The molecule has 0 amide bonds. The third-order valence-electron chi connectivity index (χ3n) is 6.42. The standard InChI is InChI=1S/C27H27F3N3O2.Sr.H/c1-17(2)19-7-9-20(10-8-19)26-32-24-23(27(28,29)30)21(14-18-6-5-11-31-16-18)15-22(35-4)25(24)33(26)12-13-34-3;;/h5-11,15,17H,12-14H2,1-4H3;;. The summed E-state index contributed by atoms with van der Waals surface area (Å²) >= 11 is 0.0423. The predicted octanol–water partition coefficient (Wildman–Crippen LogP) is 5.01. The van der Waals surface area contributed by atoms with E-state index in [1.807, 2.05) is 30.3 Å². The Balaban J connectivity index is 2.01. The second-order valence-corrected chi connectivity index (χ2v) is 11.4. The molecule has 0 saturated carbocycles. The first kappa shape index (κ1) is 27.1. The average Bonchev–Trinajstić information content (AvgIpc) is 3.21. The Morgan fingerprint density at radius 3 is 2.36 bits per heavy atom. The fourth-order valence-electron chi connectivity index (χ4n) is 4.49. The molecule has 0 aliphatic carbocycles. The van der Waals surface area contributed by atoms with Crippen LogP contribution in [-0.2, 0) is 23.9 Å². The first-order valence-corrected chi connectivity index (χ1v) is 14.3. The van der Waals surface area contributed by atoms with Crippen molar-refractivity contribution in [2.24, 2.45) is 0 Å². The molecule has 2 aromatic carbocycles. The minimum atomic E-state index is -4.60. The Morgan fingerprint density at radius 2 is 1.78 bits per heavy atom. The summed E-state index contributed by atoms with van der Waals surface area (Å²) in [5, 5.41) is 0. The van der Waals surface area contributed by atoms with Crippen LogP contribution in [0.15, 0.2) is 48.7 Å². The quantitative estimate of drug-likeness (QED) is 0.279. The molecule has 0 aliphatic heterocycles. The van der Waals surface area contributed by atoms with Crippen LogP contribution < -0.4 is 5.40 Å². The fourth-order valence-corrected chi connectivity index (χ4v) is 5.70. The van der Waals surface area contributed by atoms with E-state index in [4.69, 9.17) is 9.47 Å². The molecule has 0 atom stereocenters. The number of nitrogens with zero attached hydrogens (tertiary/aromatic N) is 3. The van der Waals surface area contributed by atoms with Gasteiger partial charge in [-0.1, -0.05) is 13.8 Å². The Hall–Kier alpha value is -1.91. The molecule has 9 heteroatoms. The molecule has 0 aliphatic rings. The van der Waals surface area contributed by atoms with Gasteiger partial charge < -0.3 is 0 Å². The molecule has 186 valence electrons. The number of pyridine rings is 1. The van der Waals surface area contributed by atoms with Crippen LogP contribution in [0, 0.1) is 0 Å². The summed E-state index contributed by atoms with van der Waals surface area (Å²) in [7, 11) is 3.04. The minimum absolute atomic E-state index is 0.0423. The molecule has 0 unspecified atom stereocenters. The predicted molar refractivity (Wildman–Crippen MR) is 137 cm³/mol. The van der Waals surface area contributed by atoms with Gasteiger partial charge in [0.15, 0.2) is 0 Å². The van der Waals surface area contributed by atoms with Gasteiger partial charge in [-0.15, -0.1) is 0 Å². The molecule has 0 radical (unpaired) electrons. The van der Waals surface area contributed by atoms with E-state index in [1.165, 1.54) is 13.2 Å². The number of fused-ring (bicyclic) bond motifs is 1. The molecule has 0 bridgehead atoms. The number of aromatic nitrogens is 3. The van der Waals surface area contributed by atoms with Crippen LogP contribution in [-0.4, -0.2) is 78.6 Å². The van der Waals surface area contributed by atoms with Crippen LogP contribution in [0.1, 0.15) is 42.0 Å².